The molecule has 13 heteroatoms. The Bertz CT molecular complexity index is 2140. The van der Waals surface area contributed by atoms with Gasteiger partial charge in [-0.05, 0) is 90.0 Å². The summed E-state index contributed by atoms with van der Waals surface area (Å²) in [7, 11) is -7.88. The van der Waals surface area contributed by atoms with E-state index >= 15 is 0 Å². The first-order chi connectivity index (χ1) is 23.1. The van der Waals surface area contributed by atoms with Gasteiger partial charge in [-0.25, -0.2) is 26.4 Å². The highest BCUT2D eigenvalue weighted by atomic mass is 32.2. The van der Waals surface area contributed by atoms with E-state index in [1.165, 1.54) is 0 Å². The van der Waals surface area contributed by atoms with Gasteiger partial charge in [0.2, 0.25) is 25.7 Å². The molecule has 4 aromatic rings. The number of aryl methyl sites for hydroxylation is 2. The zero-order valence-corrected chi connectivity index (χ0v) is 30.3. The number of fused-ring (bicyclic) bond motifs is 1. The van der Waals surface area contributed by atoms with E-state index in [9.17, 15) is 21.6 Å². The molecule has 1 amide bonds. The summed E-state index contributed by atoms with van der Waals surface area (Å²) in [6.07, 6.45) is 1.08. The number of imidazole rings is 1. The van der Waals surface area contributed by atoms with Gasteiger partial charge in [-0.15, -0.1) is 4.99 Å². The van der Waals surface area contributed by atoms with Gasteiger partial charge in [0.25, 0.3) is 0 Å². The van der Waals surface area contributed by atoms with Gasteiger partial charge >= 0.3 is 6.09 Å². The van der Waals surface area contributed by atoms with E-state index in [2.05, 4.69) is 14.4 Å². The molecule has 0 spiro atoms. The zero-order chi connectivity index (χ0) is 35.2. The number of hydrogen-bond donors (Lipinski definition) is 2. The largest absolute Gasteiger partial charge is 0.442 e. The molecule has 3 aromatic carbocycles. The Morgan fingerprint density at radius 3 is 2.02 bits per heavy atom. The van der Waals surface area contributed by atoms with Crippen LogP contribution in [0.5, 0.6) is 0 Å². The predicted octanol–water partition coefficient (Wildman–Crippen LogP) is 5.22. The second-order valence-electron chi connectivity index (χ2n) is 14.4. The molecule has 0 aliphatic heterocycles. The average Bonchev–Trinajstić information content (AvgIpc) is 3.96. The molecule has 1 heterocycles. The summed E-state index contributed by atoms with van der Waals surface area (Å²) in [6.45, 7) is 9.65. The van der Waals surface area contributed by atoms with Gasteiger partial charge in [0.15, 0.2) is 0 Å². The second-order valence-corrected chi connectivity index (χ2v) is 18.4. The van der Waals surface area contributed by atoms with Gasteiger partial charge in [-0.2, -0.15) is 4.72 Å². The summed E-state index contributed by atoms with van der Waals surface area (Å²) in [5, 5.41) is -0.540. The van der Waals surface area contributed by atoms with Gasteiger partial charge < -0.3 is 13.9 Å². The summed E-state index contributed by atoms with van der Waals surface area (Å²) in [5.41, 5.74) is 5.23. The minimum absolute atomic E-state index is 0.0802. The van der Waals surface area contributed by atoms with Crippen LogP contribution in [-0.2, 0) is 37.7 Å². The van der Waals surface area contributed by atoms with Crippen molar-refractivity contribution in [2.24, 2.45) is 4.99 Å². The number of carbonyl (C=O) groups is 1. The molecule has 0 radical (unpaired) electrons. The lowest BCUT2D eigenvalue weighted by Crippen LogP contribution is -2.50. The van der Waals surface area contributed by atoms with Crippen molar-refractivity contribution < 1.29 is 26.4 Å². The van der Waals surface area contributed by atoms with Crippen molar-refractivity contribution in [3.8, 4) is 0 Å². The number of rotatable bonds is 12. The Hall–Kier alpha value is -3.78. The maximum absolute atomic E-state index is 13.9. The highest BCUT2D eigenvalue weighted by molar-refractivity contribution is 7.94. The highest BCUT2D eigenvalue weighted by Crippen LogP contribution is 2.43. The summed E-state index contributed by atoms with van der Waals surface area (Å²) in [4.78, 5) is 16.4. The minimum atomic E-state index is -4.13. The molecule has 2 aliphatic rings. The maximum Gasteiger partial charge on any atom is 0.437 e. The van der Waals surface area contributed by atoms with Crippen molar-refractivity contribution in [1.82, 2.24) is 18.6 Å². The quantitative estimate of drug-likeness (QED) is 0.207. The van der Waals surface area contributed by atoms with Gasteiger partial charge in [0.05, 0.1) is 28.9 Å². The monoisotopic (exact) mass is 707 g/mol. The maximum atomic E-state index is 13.9. The molecule has 0 bridgehead atoms. The first-order valence-electron chi connectivity index (χ1n) is 16.7. The Balaban J connectivity index is 1.47. The van der Waals surface area contributed by atoms with Crippen LogP contribution in [0.15, 0.2) is 77.8 Å². The zero-order valence-electron chi connectivity index (χ0n) is 28.6. The molecule has 6 rings (SSSR count). The first kappa shape index (κ1) is 35.1. The van der Waals surface area contributed by atoms with E-state index in [0.717, 1.165) is 33.3 Å². The van der Waals surface area contributed by atoms with E-state index in [4.69, 9.17) is 4.74 Å². The third kappa shape index (κ3) is 8.01. The van der Waals surface area contributed by atoms with E-state index in [0.29, 0.717) is 31.4 Å². The van der Waals surface area contributed by atoms with Crippen molar-refractivity contribution in [2.45, 2.75) is 95.0 Å². The van der Waals surface area contributed by atoms with E-state index in [1.54, 1.807) is 20.8 Å². The normalized spacial score (nSPS) is 17.3. The molecule has 1 aromatic heterocycles. The lowest BCUT2D eigenvalue weighted by Gasteiger charge is -2.24. The fraction of sp³-hybridized carbons (Fsp3) is 0.444. The molecule has 262 valence electrons. The number of sulfonamides is 2. The van der Waals surface area contributed by atoms with Crippen LogP contribution in [0.25, 0.3) is 11.0 Å². The van der Waals surface area contributed by atoms with Gasteiger partial charge in [0, 0.05) is 6.54 Å². The Morgan fingerprint density at radius 1 is 0.898 bits per heavy atom. The van der Waals surface area contributed by atoms with Crippen LogP contribution in [0.1, 0.15) is 74.8 Å². The standard InChI is InChI=1S/C36H45N5O6S2/c1-25-10-14-27(15-11-25)22-29(23-37-49(45,46)36(20-21-36)39-48(43,44)30-18-19-30)41-32-9-7-6-8-31(32)40(24-28-16-12-26(2)13-17-28)33(41)38-34(42)47-35(3,4)5/h6-17,29-30,37,39H,18-24H2,1-5H3. The number of nitrogens with one attached hydrogen (secondary N) is 2. The van der Waals surface area contributed by atoms with Crippen molar-refractivity contribution in [2.75, 3.05) is 6.54 Å². The minimum Gasteiger partial charge on any atom is -0.442 e. The third-order valence-corrected chi connectivity index (χ3v) is 13.2. The predicted molar refractivity (Wildman–Crippen MR) is 190 cm³/mol. The number of carbonyl (C=O) groups excluding carboxylic acids is 1. The lowest BCUT2D eigenvalue weighted by atomic mass is 10.0. The van der Waals surface area contributed by atoms with Crippen LogP contribution < -0.4 is 15.1 Å². The SMILES string of the molecule is Cc1ccc(CC(CNS(=O)(=O)C2(NS(=O)(=O)C3CC3)CC2)n2c(=NC(=O)OC(C)(C)C)n(Cc3ccc(C)cc3)c3ccccc32)cc1. The number of ether oxygens (including phenoxy) is 1. The van der Waals surface area contributed by atoms with Crippen molar-refractivity contribution in [1.29, 1.82) is 0 Å². The van der Waals surface area contributed by atoms with Crippen LogP contribution in [-0.4, -0.2) is 54.3 Å². The lowest BCUT2D eigenvalue weighted by molar-refractivity contribution is 0.0593. The number of amides is 1. The van der Waals surface area contributed by atoms with Crippen LogP contribution >= 0.6 is 0 Å². The molecule has 11 nitrogen and oxygen atoms in total. The Kier molecular flexibility index (Phi) is 9.42. The summed E-state index contributed by atoms with van der Waals surface area (Å²) in [5.74, 6) is 0. The Labute approximate surface area is 288 Å². The van der Waals surface area contributed by atoms with Gasteiger partial charge in [-0.1, -0.05) is 71.8 Å². The molecule has 1 atom stereocenters. The second kappa shape index (κ2) is 13.2. The molecular weight excluding hydrogens is 663 g/mol. The van der Waals surface area contributed by atoms with Crippen LogP contribution in [0, 0.1) is 13.8 Å². The molecule has 2 saturated carbocycles. The van der Waals surface area contributed by atoms with Crippen molar-refractivity contribution in [3.63, 3.8) is 0 Å². The number of aromatic nitrogens is 2. The van der Waals surface area contributed by atoms with Crippen LogP contribution in [0.2, 0.25) is 0 Å². The van der Waals surface area contributed by atoms with Crippen LogP contribution in [0.3, 0.4) is 0 Å². The number of para-hydroxylation sites is 2. The summed E-state index contributed by atoms with van der Waals surface area (Å²) < 4.78 is 68.2. The number of nitrogens with zero attached hydrogens (tertiary/aromatic N) is 3. The van der Waals surface area contributed by atoms with E-state index in [1.807, 2.05) is 95.8 Å². The average molecular weight is 708 g/mol. The molecule has 2 N–H and O–H groups in total. The van der Waals surface area contributed by atoms with E-state index in [-0.39, 0.29) is 19.4 Å². The van der Waals surface area contributed by atoms with Gasteiger partial charge in [0.1, 0.15) is 10.5 Å². The fourth-order valence-corrected chi connectivity index (χ4v) is 9.73. The topological polar surface area (TPSA) is 141 Å². The molecule has 2 fully saturated rings. The summed E-state index contributed by atoms with van der Waals surface area (Å²) in [6, 6.07) is 23.2. The highest BCUT2D eigenvalue weighted by Gasteiger charge is 2.58. The molecule has 2 aliphatic carbocycles. The first-order valence-corrected chi connectivity index (χ1v) is 19.7. The molecule has 0 saturated heterocycles. The van der Waals surface area contributed by atoms with Crippen LogP contribution in [0.4, 0.5) is 4.79 Å². The third-order valence-electron chi connectivity index (χ3n) is 8.91. The fourth-order valence-electron chi connectivity index (χ4n) is 5.97. The Morgan fingerprint density at radius 2 is 1.47 bits per heavy atom. The molecule has 1 unspecified atom stereocenters. The van der Waals surface area contributed by atoms with Crippen molar-refractivity contribution in [3.05, 3.63) is 101 Å². The molecule has 49 heavy (non-hydrogen) atoms. The smallest absolute Gasteiger partial charge is 0.437 e. The van der Waals surface area contributed by atoms with E-state index < -0.39 is 47.9 Å². The summed E-state index contributed by atoms with van der Waals surface area (Å²) >= 11 is 0. The van der Waals surface area contributed by atoms with Gasteiger partial charge in [-0.3, -0.25) is 0 Å². The molecular formula is C36H45N5O6S2. The number of benzene rings is 3. The van der Waals surface area contributed by atoms with Crippen molar-refractivity contribution >= 4 is 37.2 Å². The number of hydrogen-bond acceptors (Lipinski definition) is 6.